The Kier molecular flexibility index (Phi) is 5.76. The van der Waals surface area contributed by atoms with Gasteiger partial charge in [0.25, 0.3) is 0 Å². The molecule has 6 nitrogen and oxygen atoms in total. The molecule has 122 valence electrons. The number of rotatable bonds is 5. The van der Waals surface area contributed by atoms with Gasteiger partial charge in [-0.05, 0) is 30.7 Å². The van der Waals surface area contributed by atoms with E-state index in [1.807, 2.05) is 18.0 Å². The van der Waals surface area contributed by atoms with Gasteiger partial charge in [0.15, 0.2) is 5.82 Å². The van der Waals surface area contributed by atoms with E-state index in [2.05, 4.69) is 22.2 Å². The fraction of sp³-hybridized carbons (Fsp3) is 0.312. The molecule has 23 heavy (non-hydrogen) atoms. The molecule has 1 N–H and O–H groups in total. The fourth-order valence-corrected chi connectivity index (χ4v) is 2.29. The highest BCUT2D eigenvalue weighted by molar-refractivity contribution is 6.29. The van der Waals surface area contributed by atoms with Crippen LogP contribution in [0.2, 0.25) is 5.15 Å². The van der Waals surface area contributed by atoms with E-state index in [1.165, 1.54) is 4.90 Å². The number of halogens is 1. The molecule has 0 saturated carbocycles. The lowest BCUT2D eigenvalue weighted by Gasteiger charge is -2.25. The molecule has 2 heterocycles. The molecule has 7 heteroatoms. The number of anilines is 3. The number of amides is 2. The van der Waals surface area contributed by atoms with Crippen molar-refractivity contribution in [1.82, 2.24) is 9.97 Å². The first-order chi connectivity index (χ1) is 11.0. The van der Waals surface area contributed by atoms with E-state index in [0.717, 1.165) is 18.7 Å². The second-order valence-corrected chi connectivity index (χ2v) is 5.49. The second kappa shape index (κ2) is 7.78. The van der Waals surface area contributed by atoms with Crippen LogP contribution in [0.3, 0.4) is 0 Å². The zero-order chi connectivity index (χ0) is 16.8. The number of pyridine rings is 2. The minimum Gasteiger partial charge on any atom is -0.372 e. The highest BCUT2D eigenvalue weighted by Crippen LogP contribution is 2.28. The highest BCUT2D eigenvalue weighted by atomic mass is 35.5. The van der Waals surface area contributed by atoms with Crippen molar-refractivity contribution in [2.24, 2.45) is 0 Å². The van der Waals surface area contributed by atoms with Gasteiger partial charge < -0.3 is 4.90 Å². The first kappa shape index (κ1) is 17.0. The summed E-state index contributed by atoms with van der Waals surface area (Å²) in [6, 6.07) is 8.57. The lowest BCUT2D eigenvalue weighted by molar-refractivity contribution is 0.258. The van der Waals surface area contributed by atoms with Crippen molar-refractivity contribution in [2.45, 2.75) is 13.3 Å². The molecule has 2 aromatic heterocycles. The molecule has 0 atom stereocenters. The Morgan fingerprint density at radius 2 is 2.04 bits per heavy atom. The number of urea groups is 1. The van der Waals surface area contributed by atoms with Gasteiger partial charge in [0.05, 0.1) is 5.69 Å². The van der Waals surface area contributed by atoms with Crippen molar-refractivity contribution >= 4 is 35.0 Å². The maximum Gasteiger partial charge on any atom is 0.328 e. The van der Waals surface area contributed by atoms with Crippen molar-refractivity contribution in [3.05, 3.63) is 41.7 Å². The number of nitrogens with one attached hydrogen (secondary N) is 1. The summed E-state index contributed by atoms with van der Waals surface area (Å²) in [4.78, 5) is 24.3. The normalized spacial score (nSPS) is 10.3. The van der Waals surface area contributed by atoms with Crippen LogP contribution in [0, 0.1) is 0 Å². The molecule has 0 aliphatic carbocycles. The van der Waals surface area contributed by atoms with Gasteiger partial charge >= 0.3 is 6.03 Å². The van der Waals surface area contributed by atoms with Gasteiger partial charge in [0, 0.05) is 26.8 Å². The zero-order valence-electron chi connectivity index (χ0n) is 13.5. The van der Waals surface area contributed by atoms with E-state index < -0.39 is 0 Å². The van der Waals surface area contributed by atoms with Crippen LogP contribution in [0.4, 0.5) is 22.1 Å². The van der Waals surface area contributed by atoms with Gasteiger partial charge in [-0.2, -0.15) is 0 Å². The molecule has 0 aliphatic rings. The zero-order valence-corrected chi connectivity index (χ0v) is 14.2. The van der Waals surface area contributed by atoms with E-state index in [1.54, 1.807) is 37.5 Å². The summed E-state index contributed by atoms with van der Waals surface area (Å²) in [7, 11) is 3.61. The van der Waals surface area contributed by atoms with E-state index in [4.69, 9.17) is 11.6 Å². The molecule has 0 bridgehead atoms. The average molecular weight is 334 g/mol. The van der Waals surface area contributed by atoms with Crippen LogP contribution in [0.25, 0.3) is 0 Å². The third-order valence-electron chi connectivity index (χ3n) is 3.31. The van der Waals surface area contributed by atoms with Crippen molar-refractivity contribution < 1.29 is 4.79 Å². The Balaban J connectivity index is 2.25. The van der Waals surface area contributed by atoms with Crippen LogP contribution in [-0.4, -0.2) is 36.6 Å². The largest absolute Gasteiger partial charge is 0.372 e. The van der Waals surface area contributed by atoms with Gasteiger partial charge in [-0.1, -0.05) is 24.6 Å². The monoisotopic (exact) mass is 333 g/mol. The molecule has 0 saturated heterocycles. The molecule has 0 radical (unpaired) electrons. The summed E-state index contributed by atoms with van der Waals surface area (Å²) in [5, 5.41) is 3.07. The SMILES string of the molecule is CCCN(C)c1ccc(Cl)nc1N(C)C(=O)Nc1ccccn1. The number of carbonyl (C=O) groups excluding carboxylic acids is 1. The van der Waals surface area contributed by atoms with Crippen molar-refractivity contribution in [2.75, 3.05) is 35.8 Å². The number of carbonyl (C=O) groups is 1. The first-order valence-corrected chi connectivity index (χ1v) is 7.74. The molecule has 2 aromatic rings. The van der Waals surface area contributed by atoms with Gasteiger partial charge in [-0.15, -0.1) is 0 Å². The van der Waals surface area contributed by atoms with Crippen LogP contribution in [0.15, 0.2) is 36.5 Å². The van der Waals surface area contributed by atoms with E-state index >= 15 is 0 Å². The van der Waals surface area contributed by atoms with Crippen molar-refractivity contribution in [3.63, 3.8) is 0 Å². The van der Waals surface area contributed by atoms with Crippen molar-refractivity contribution in [3.8, 4) is 0 Å². The fourth-order valence-electron chi connectivity index (χ4n) is 2.14. The Labute approximate surface area is 141 Å². The standard InChI is InChI=1S/C16H20ClN5O/c1-4-11-21(2)12-8-9-13(17)19-15(12)22(3)16(23)20-14-7-5-6-10-18-14/h5-10H,4,11H2,1-3H3,(H,18,20,23). The number of aromatic nitrogens is 2. The lowest BCUT2D eigenvalue weighted by atomic mass is 10.3. The molecule has 2 rings (SSSR count). The Morgan fingerprint density at radius 3 is 2.70 bits per heavy atom. The van der Waals surface area contributed by atoms with Crippen LogP contribution in [-0.2, 0) is 0 Å². The van der Waals surface area contributed by atoms with Crippen LogP contribution in [0.5, 0.6) is 0 Å². The Morgan fingerprint density at radius 1 is 1.26 bits per heavy atom. The molecule has 0 spiro atoms. The molecular formula is C16H20ClN5O. The summed E-state index contributed by atoms with van der Waals surface area (Å²) in [5.74, 6) is 0.983. The van der Waals surface area contributed by atoms with E-state index in [9.17, 15) is 4.79 Å². The predicted molar refractivity (Wildman–Crippen MR) is 94.5 cm³/mol. The summed E-state index contributed by atoms with van der Waals surface area (Å²) in [6.45, 7) is 2.95. The van der Waals surface area contributed by atoms with Crippen LogP contribution in [0.1, 0.15) is 13.3 Å². The number of nitrogens with zero attached hydrogens (tertiary/aromatic N) is 4. The lowest BCUT2D eigenvalue weighted by Crippen LogP contribution is -2.34. The summed E-state index contributed by atoms with van der Waals surface area (Å²) >= 11 is 6.01. The molecule has 0 aliphatic heterocycles. The second-order valence-electron chi connectivity index (χ2n) is 5.10. The molecule has 0 unspecified atom stereocenters. The molecule has 2 amide bonds. The topological polar surface area (TPSA) is 61.4 Å². The van der Waals surface area contributed by atoms with E-state index in [0.29, 0.717) is 16.8 Å². The smallest absolute Gasteiger partial charge is 0.328 e. The third kappa shape index (κ3) is 4.32. The molecular weight excluding hydrogens is 314 g/mol. The first-order valence-electron chi connectivity index (χ1n) is 7.36. The predicted octanol–water partition coefficient (Wildman–Crippen LogP) is 3.64. The highest BCUT2D eigenvalue weighted by Gasteiger charge is 2.19. The van der Waals surface area contributed by atoms with Crippen molar-refractivity contribution in [1.29, 1.82) is 0 Å². The summed E-state index contributed by atoms with van der Waals surface area (Å²) in [5.41, 5.74) is 0.843. The Bertz CT molecular complexity index is 665. The maximum atomic E-state index is 12.4. The van der Waals surface area contributed by atoms with Gasteiger partial charge in [-0.25, -0.2) is 14.8 Å². The van der Waals surface area contributed by atoms with E-state index in [-0.39, 0.29) is 6.03 Å². The quantitative estimate of drug-likeness (QED) is 0.848. The van der Waals surface area contributed by atoms with Crippen LogP contribution >= 0.6 is 11.6 Å². The van der Waals surface area contributed by atoms with Gasteiger partial charge in [-0.3, -0.25) is 10.2 Å². The molecule has 0 fully saturated rings. The minimum atomic E-state index is -0.329. The molecule has 0 aromatic carbocycles. The third-order valence-corrected chi connectivity index (χ3v) is 3.52. The Hall–Kier alpha value is -2.34. The van der Waals surface area contributed by atoms with Crippen LogP contribution < -0.4 is 15.1 Å². The summed E-state index contributed by atoms with van der Waals surface area (Å²) in [6.07, 6.45) is 2.61. The number of hydrogen-bond acceptors (Lipinski definition) is 4. The minimum absolute atomic E-state index is 0.329. The van der Waals surface area contributed by atoms with Gasteiger partial charge in [0.1, 0.15) is 11.0 Å². The maximum absolute atomic E-state index is 12.4. The van der Waals surface area contributed by atoms with Gasteiger partial charge in [0.2, 0.25) is 0 Å². The average Bonchev–Trinajstić information content (AvgIpc) is 2.55. The summed E-state index contributed by atoms with van der Waals surface area (Å²) < 4.78 is 0. The number of hydrogen-bond donors (Lipinski definition) is 1.